The molecule has 1 aliphatic heterocycles. The van der Waals surface area contributed by atoms with Gasteiger partial charge >= 0.3 is 0 Å². The van der Waals surface area contributed by atoms with E-state index in [1.807, 2.05) is 65.6 Å². The Morgan fingerprint density at radius 1 is 1.03 bits per heavy atom. The molecule has 2 fully saturated rings. The van der Waals surface area contributed by atoms with E-state index in [0.29, 0.717) is 24.3 Å². The number of carbonyl (C=O) groups excluding carboxylic acids is 1. The van der Waals surface area contributed by atoms with Crippen molar-refractivity contribution in [2.45, 2.75) is 43.7 Å². The highest BCUT2D eigenvalue weighted by Gasteiger charge is 2.50. The molecule has 0 unspecified atom stereocenters. The molecule has 1 aliphatic carbocycles. The first-order valence-corrected chi connectivity index (χ1v) is 10.8. The fourth-order valence-electron chi connectivity index (χ4n) is 5.37. The van der Waals surface area contributed by atoms with Crippen LogP contribution in [0.4, 0.5) is 0 Å². The summed E-state index contributed by atoms with van der Waals surface area (Å²) >= 11 is 0. The lowest BCUT2D eigenvalue weighted by atomic mass is 9.66. The van der Waals surface area contributed by atoms with Gasteiger partial charge in [-0.1, -0.05) is 78.7 Å². The summed E-state index contributed by atoms with van der Waals surface area (Å²) in [7, 11) is 0. The lowest BCUT2D eigenvalue weighted by molar-refractivity contribution is -0.110. The normalized spacial score (nSPS) is 26.2. The average Bonchev–Trinajstić information content (AvgIpc) is 3.30. The maximum Gasteiger partial charge on any atom is 0.259 e. The van der Waals surface area contributed by atoms with Gasteiger partial charge in [0.25, 0.3) is 5.91 Å². The van der Waals surface area contributed by atoms with Crippen molar-refractivity contribution in [1.29, 1.82) is 0 Å². The third kappa shape index (κ3) is 3.14. The maximum absolute atomic E-state index is 13.6. The number of amides is 1. The molecule has 3 atom stereocenters. The number of nitrogens with zero attached hydrogens (tertiary/aromatic N) is 2. The van der Waals surface area contributed by atoms with Gasteiger partial charge in [0.1, 0.15) is 5.56 Å². The molecule has 1 amide bonds. The van der Waals surface area contributed by atoms with Crippen LogP contribution in [0.3, 0.4) is 0 Å². The Labute approximate surface area is 176 Å². The molecule has 0 radical (unpaired) electrons. The van der Waals surface area contributed by atoms with Gasteiger partial charge in [-0.05, 0) is 24.8 Å². The van der Waals surface area contributed by atoms with Gasteiger partial charge in [-0.15, -0.1) is 0 Å². The number of aliphatic hydroxyl groups is 1. The van der Waals surface area contributed by atoms with Gasteiger partial charge in [-0.2, -0.15) is 0 Å². The van der Waals surface area contributed by atoms with E-state index in [2.05, 4.69) is 5.16 Å². The highest BCUT2D eigenvalue weighted by molar-refractivity contribution is 5.99. The Kier molecular flexibility index (Phi) is 4.91. The molecule has 1 saturated heterocycles. The summed E-state index contributed by atoms with van der Waals surface area (Å²) in [6, 6.07) is 19.6. The van der Waals surface area contributed by atoms with Gasteiger partial charge in [-0.3, -0.25) is 4.79 Å². The first kappa shape index (κ1) is 19.1. The summed E-state index contributed by atoms with van der Waals surface area (Å²) in [5, 5.41) is 15.7. The second-order valence-corrected chi connectivity index (χ2v) is 8.43. The number of fused-ring (bicyclic) bond motifs is 1. The zero-order valence-electron chi connectivity index (χ0n) is 16.9. The Balaban J connectivity index is 1.47. The summed E-state index contributed by atoms with van der Waals surface area (Å²) < 4.78 is 5.46. The van der Waals surface area contributed by atoms with Gasteiger partial charge in [0.15, 0.2) is 5.76 Å². The zero-order valence-corrected chi connectivity index (χ0v) is 16.9. The molecule has 30 heavy (non-hydrogen) atoms. The van der Waals surface area contributed by atoms with Gasteiger partial charge < -0.3 is 14.5 Å². The van der Waals surface area contributed by atoms with Crippen molar-refractivity contribution >= 4 is 5.91 Å². The summed E-state index contributed by atoms with van der Waals surface area (Å²) in [6.07, 6.45) is 6.06. The number of hydrogen-bond donors (Lipinski definition) is 1. The van der Waals surface area contributed by atoms with E-state index in [4.69, 9.17) is 4.52 Å². The number of aromatic nitrogens is 1. The summed E-state index contributed by atoms with van der Waals surface area (Å²) in [6.45, 7) is 0.519. The highest BCUT2D eigenvalue weighted by atomic mass is 16.5. The number of carbonyl (C=O) groups is 1. The van der Waals surface area contributed by atoms with Gasteiger partial charge in [-0.25, -0.2) is 0 Å². The third-order valence-electron chi connectivity index (χ3n) is 6.85. The van der Waals surface area contributed by atoms with Crippen LogP contribution in [0.15, 0.2) is 71.4 Å². The second kappa shape index (κ2) is 7.73. The van der Waals surface area contributed by atoms with Crippen molar-refractivity contribution < 1.29 is 14.4 Å². The number of benzene rings is 2. The van der Waals surface area contributed by atoms with Crippen LogP contribution in [0.5, 0.6) is 0 Å². The van der Waals surface area contributed by atoms with Crippen LogP contribution in [0, 0.1) is 5.92 Å². The van der Waals surface area contributed by atoms with Crippen LogP contribution < -0.4 is 0 Å². The lowest BCUT2D eigenvalue weighted by Gasteiger charge is -2.52. The van der Waals surface area contributed by atoms with Crippen LogP contribution in [-0.2, 0) is 5.60 Å². The highest BCUT2D eigenvalue weighted by Crippen LogP contribution is 2.47. The molecular weight excluding hydrogens is 376 g/mol. The topological polar surface area (TPSA) is 66.6 Å². The first-order chi connectivity index (χ1) is 14.7. The van der Waals surface area contributed by atoms with Gasteiger partial charge in [0.2, 0.25) is 0 Å². The van der Waals surface area contributed by atoms with E-state index >= 15 is 0 Å². The molecule has 2 heterocycles. The molecular formula is C25H26N2O3. The Bertz CT molecular complexity index is 1020. The molecule has 5 nitrogen and oxygen atoms in total. The van der Waals surface area contributed by atoms with E-state index < -0.39 is 5.60 Å². The summed E-state index contributed by atoms with van der Waals surface area (Å²) in [4.78, 5) is 15.6. The maximum atomic E-state index is 13.6. The van der Waals surface area contributed by atoms with Crippen LogP contribution in [0.25, 0.3) is 11.3 Å². The van der Waals surface area contributed by atoms with Crippen LogP contribution in [0.1, 0.15) is 48.0 Å². The van der Waals surface area contributed by atoms with Gasteiger partial charge in [0.05, 0.1) is 11.8 Å². The SMILES string of the molecule is O=C(c1cnoc1-c1ccccc1)N1CC[C@@](O)(c2ccccc2)[C@H]2CCCC[C@H]21. The fourth-order valence-corrected chi connectivity index (χ4v) is 5.37. The monoisotopic (exact) mass is 402 g/mol. The predicted octanol–water partition coefficient (Wildman–Crippen LogP) is 4.63. The minimum absolute atomic E-state index is 0.0173. The standard InChI is InChI=1S/C25H26N2O3/c28-24(20-17-26-30-23(20)18-9-3-1-4-10-18)27-16-15-25(29,19-11-5-2-6-12-19)21-13-7-8-14-22(21)27/h1-6,9-12,17,21-22,29H,7-8,13-16H2/t21-,22+,25+/m0/s1. The van der Waals surface area contributed by atoms with E-state index in [-0.39, 0.29) is 17.9 Å². The molecule has 1 N–H and O–H groups in total. The van der Waals surface area contributed by atoms with Crippen molar-refractivity contribution in [2.75, 3.05) is 6.54 Å². The number of likely N-dealkylation sites (tertiary alicyclic amines) is 1. The largest absolute Gasteiger partial charge is 0.385 e. The van der Waals surface area contributed by atoms with Crippen molar-refractivity contribution in [3.63, 3.8) is 0 Å². The Hall–Kier alpha value is -2.92. The fraction of sp³-hybridized carbons (Fsp3) is 0.360. The molecule has 0 bridgehead atoms. The van der Waals surface area contributed by atoms with Crippen molar-refractivity contribution in [1.82, 2.24) is 10.1 Å². The second-order valence-electron chi connectivity index (χ2n) is 8.43. The predicted molar refractivity (Wildman–Crippen MR) is 114 cm³/mol. The van der Waals surface area contributed by atoms with Crippen molar-refractivity contribution in [2.24, 2.45) is 5.92 Å². The molecule has 0 spiro atoms. The Morgan fingerprint density at radius 2 is 1.73 bits per heavy atom. The summed E-state index contributed by atoms with van der Waals surface area (Å²) in [5.41, 5.74) is 1.41. The quantitative estimate of drug-likeness (QED) is 0.693. The molecule has 154 valence electrons. The smallest absolute Gasteiger partial charge is 0.259 e. The zero-order chi connectivity index (χ0) is 20.6. The first-order valence-electron chi connectivity index (χ1n) is 10.8. The number of hydrogen-bond acceptors (Lipinski definition) is 4. The number of rotatable bonds is 3. The van der Waals surface area contributed by atoms with Crippen LogP contribution in [0.2, 0.25) is 0 Å². The average molecular weight is 402 g/mol. The van der Waals surface area contributed by atoms with E-state index in [1.54, 1.807) is 0 Å². The summed E-state index contributed by atoms with van der Waals surface area (Å²) in [5.74, 6) is 0.491. The van der Waals surface area contributed by atoms with E-state index in [1.165, 1.54) is 6.20 Å². The van der Waals surface area contributed by atoms with Crippen molar-refractivity contribution in [3.8, 4) is 11.3 Å². The lowest BCUT2D eigenvalue weighted by Crippen LogP contribution is -2.59. The minimum Gasteiger partial charge on any atom is -0.385 e. The number of piperidine rings is 1. The van der Waals surface area contributed by atoms with Crippen LogP contribution in [-0.4, -0.2) is 33.7 Å². The molecule has 5 heteroatoms. The minimum atomic E-state index is -0.889. The van der Waals surface area contributed by atoms with Gasteiger partial charge in [0, 0.05) is 24.1 Å². The molecule has 1 aromatic heterocycles. The third-order valence-corrected chi connectivity index (χ3v) is 6.85. The molecule has 3 aromatic rings. The molecule has 5 rings (SSSR count). The molecule has 2 aromatic carbocycles. The van der Waals surface area contributed by atoms with E-state index in [9.17, 15) is 9.90 Å². The molecule has 2 aliphatic rings. The van der Waals surface area contributed by atoms with E-state index in [0.717, 1.165) is 36.8 Å². The van der Waals surface area contributed by atoms with Crippen LogP contribution >= 0.6 is 0 Å². The van der Waals surface area contributed by atoms with Crippen molar-refractivity contribution in [3.05, 3.63) is 78.0 Å². The molecule has 1 saturated carbocycles. The Morgan fingerprint density at radius 3 is 2.50 bits per heavy atom.